The highest BCUT2D eigenvalue weighted by Crippen LogP contribution is 2.24. The molecule has 1 aromatic carbocycles. The first-order valence-electron chi connectivity index (χ1n) is 3.63. The summed E-state index contributed by atoms with van der Waals surface area (Å²) in [6.07, 6.45) is 0. The Morgan fingerprint density at radius 3 is 2.21 bits per heavy atom. The van der Waals surface area contributed by atoms with Crippen LogP contribution in [-0.2, 0) is 4.79 Å². The quantitative estimate of drug-likeness (QED) is 0.849. The van der Waals surface area contributed by atoms with E-state index in [-0.39, 0.29) is 5.56 Å². The van der Waals surface area contributed by atoms with Gasteiger partial charge in [0.2, 0.25) is 0 Å². The maximum Gasteiger partial charge on any atom is 0.325 e. The average Bonchev–Trinajstić information content (AvgIpc) is 2.02. The minimum Gasteiger partial charge on any atom is -0.480 e. The van der Waals surface area contributed by atoms with Gasteiger partial charge >= 0.3 is 5.97 Å². The molecule has 0 heterocycles. The number of nitriles is 1. The molecule has 1 unspecified atom stereocenters. The van der Waals surface area contributed by atoms with Crippen molar-refractivity contribution in [3.8, 4) is 6.07 Å². The van der Waals surface area contributed by atoms with Gasteiger partial charge in [-0.25, -0.2) is 0 Å². The zero-order valence-electron chi connectivity index (χ0n) is 6.87. The molecule has 0 radical (unpaired) electrons. The highest BCUT2D eigenvalue weighted by molar-refractivity contribution is 6.34. The number of carboxylic acids is 1. The Morgan fingerprint density at radius 1 is 1.36 bits per heavy atom. The van der Waals surface area contributed by atoms with Gasteiger partial charge in [-0.15, -0.1) is 0 Å². The number of hydrogen-bond acceptors (Lipinski definition) is 2. The molecule has 0 saturated carbocycles. The summed E-state index contributed by atoms with van der Waals surface area (Å²) >= 11 is 11.3. The summed E-state index contributed by atoms with van der Waals surface area (Å²) < 4.78 is 0. The summed E-state index contributed by atoms with van der Waals surface area (Å²) in [7, 11) is 0. The van der Waals surface area contributed by atoms with Gasteiger partial charge in [-0.05, 0) is 23.8 Å². The lowest BCUT2D eigenvalue weighted by Gasteiger charge is -2.04. The third kappa shape index (κ3) is 2.38. The fourth-order valence-corrected chi connectivity index (χ4v) is 1.56. The van der Waals surface area contributed by atoms with Crippen molar-refractivity contribution in [3.05, 3.63) is 33.8 Å². The third-order valence-corrected chi connectivity index (χ3v) is 2.03. The van der Waals surface area contributed by atoms with E-state index in [2.05, 4.69) is 0 Å². The summed E-state index contributed by atoms with van der Waals surface area (Å²) in [4.78, 5) is 10.6. The standard InChI is InChI=1S/C9H5Cl2NO2/c10-6-1-5(2-7(11)3-6)8(4-12)9(13)14/h1-3,8H,(H,13,14). The van der Waals surface area contributed by atoms with Crippen molar-refractivity contribution in [3.63, 3.8) is 0 Å². The molecule has 0 saturated heterocycles. The highest BCUT2D eigenvalue weighted by Gasteiger charge is 2.19. The predicted molar refractivity (Wildman–Crippen MR) is 52.5 cm³/mol. The highest BCUT2D eigenvalue weighted by atomic mass is 35.5. The molecule has 1 aromatic rings. The molecule has 0 amide bonds. The lowest BCUT2D eigenvalue weighted by molar-refractivity contribution is -0.137. The molecule has 0 aliphatic heterocycles. The average molecular weight is 230 g/mol. The second-order valence-electron chi connectivity index (χ2n) is 2.60. The summed E-state index contributed by atoms with van der Waals surface area (Å²) in [5, 5.41) is 17.9. The number of carbonyl (C=O) groups is 1. The van der Waals surface area contributed by atoms with Gasteiger partial charge in [-0.2, -0.15) is 5.26 Å². The summed E-state index contributed by atoms with van der Waals surface area (Å²) in [5.41, 5.74) is 0.289. The Hall–Kier alpha value is -1.24. The van der Waals surface area contributed by atoms with Gasteiger partial charge in [0.05, 0.1) is 6.07 Å². The van der Waals surface area contributed by atoms with Crippen LogP contribution in [0, 0.1) is 11.3 Å². The van der Waals surface area contributed by atoms with Crippen molar-refractivity contribution in [2.24, 2.45) is 0 Å². The number of aliphatic carboxylic acids is 1. The first-order chi connectivity index (χ1) is 6.54. The Morgan fingerprint density at radius 2 is 1.86 bits per heavy atom. The number of hydrogen-bond donors (Lipinski definition) is 1. The van der Waals surface area contributed by atoms with E-state index in [0.717, 1.165) is 0 Å². The SMILES string of the molecule is N#CC(C(=O)O)c1cc(Cl)cc(Cl)c1. The second kappa shape index (κ2) is 4.32. The Balaban J connectivity index is 3.18. The molecule has 0 fully saturated rings. The molecule has 0 bridgehead atoms. The molecular formula is C9H5Cl2NO2. The fourth-order valence-electron chi connectivity index (χ4n) is 1.01. The van der Waals surface area contributed by atoms with Crippen LogP contribution in [0.5, 0.6) is 0 Å². The Labute approximate surface area is 90.5 Å². The van der Waals surface area contributed by atoms with E-state index in [9.17, 15) is 4.79 Å². The number of benzene rings is 1. The number of halogens is 2. The van der Waals surface area contributed by atoms with E-state index in [1.54, 1.807) is 6.07 Å². The number of carboxylic acid groups (broad SMARTS) is 1. The maximum atomic E-state index is 10.6. The first kappa shape index (κ1) is 10.8. The van der Waals surface area contributed by atoms with Crippen LogP contribution in [0.2, 0.25) is 10.0 Å². The molecule has 14 heavy (non-hydrogen) atoms. The summed E-state index contributed by atoms with van der Waals surface area (Å²) in [6.45, 7) is 0. The van der Waals surface area contributed by atoms with Crippen LogP contribution in [0.3, 0.4) is 0 Å². The van der Waals surface area contributed by atoms with E-state index >= 15 is 0 Å². The molecule has 1 atom stereocenters. The molecule has 1 N–H and O–H groups in total. The van der Waals surface area contributed by atoms with E-state index in [0.29, 0.717) is 10.0 Å². The van der Waals surface area contributed by atoms with Crippen molar-refractivity contribution in [1.29, 1.82) is 5.26 Å². The zero-order chi connectivity index (χ0) is 10.7. The normalized spacial score (nSPS) is 11.8. The molecule has 0 spiro atoms. The maximum absolute atomic E-state index is 10.6. The van der Waals surface area contributed by atoms with Crippen LogP contribution >= 0.6 is 23.2 Å². The smallest absolute Gasteiger partial charge is 0.325 e. The minimum atomic E-state index is -1.23. The van der Waals surface area contributed by atoms with Crippen molar-refractivity contribution in [1.82, 2.24) is 0 Å². The van der Waals surface area contributed by atoms with E-state index in [1.807, 2.05) is 0 Å². The van der Waals surface area contributed by atoms with Gasteiger partial charge in [-0.3, -0.25) is 4.79 Å². The van der Waals surface area contributed by atoms with Gasteiger partial charge in [0.1, 0.15) is 0 Å². The lowest BCUT2D eigenvalue weighted by atomic mass is 10.0. The van der Waals surface area contributed by atoms with Crippen molar-refractivity contribution in [2.45, 2.75) is 5.92 Å². The van der Waals surface area contributed by atoms with Crippen LogP contribution in [0.4, 0.5) is 0 Å². The van der Waals surface area contributed by atoms with Crippen molar-refractivity contribution in [2.75, 3.05) is 0 Å². The first-order valence-corrected chi connectivity index (χ1v) is 4.38. The molecule has 0 aliphatic carbocycles. The van der Waals surface area contributed by atoms with Gasteiger partial charge in [0, 0.05) is 10.0 Å². The van der Waals surface area contributed by atoms with Crippen molar-refractivity contribution >= 4 is 29.2 Å². The number of nitrogens with zero attached hydrogens (tertiary/aromatic N) is 1. The fraction of sp³-hybridized carbons (Fsp3) is 0.111. The van der Waals surface area contributed by atoms with Crippen LogP contribution in [-0.4, -0.2) is 11.1 Å². The van der Waals surface area contributed by atoms with Gasteiger partial charge < -0.3 is 5.11 Å². The monoisotopic (exact) mass is 229 g/mol. The van der Waals surface area contributed by atoms with Crippen LogP contribution in [0.25, 0.3) is 0 Å². The molecular weight excluding hydrogens is 225 g/mol. The Bertz CT molecular complexity index is 392. The van der Waals surface area contributed by atoms with Crippen LogP contribution in [0.1, 0.15) is 11.5 Å². The molecule has 0 aliphatic rings. The summed E-state index contributed by atoms with van der Waals surface area (Å²) in [5.74, 6) is -2.45. The predicted octanol–water partition coefficient (Wildman–Crippen LogP) is 2.69. The van der Waals surface area contributed by atoms with E-state index < -0.39 is 11.9 Å². The van der Waals surface area contributed by atoms with Crippen LogP contribution in [0.15, 0.2) is 18.2 Å². The molecule has 0 aromatic heterocycles. The van der Waals surface area contributed by atoms with E-state index in [4.69, 9.17) is 33.6 Å². The number of rotatable bonds is 2. The second-order valence-corrected chi connectivity index (χ2v) is 3.48. The Kier molecular flexibility index (Phi) is 3.34. The molecule has 1 rings (SSSR count). The largest absolute Gasteiger partial charge is 0.480 e. The topological polar surface area (TPSA) is 61.1 Å². The molecule has 72 valence electrons. The zero-order valence-corrected chi connectivity index (χ0v) is 8.38. The minimum absolute atomic E-state index is 0.289. The van der Waals surface area contributed by atoms with Gasteiger partial charge in [0.25, 0.3) is 0 Å². The van der Waals surface area contributed by atoms with E-state index in [1.165, 1.54) is 18.2 Å². The van der Waals surface area contributed by atoms with Gasteiger partial charge in [-0.1, -0.05) is 23.2 Å². The molecule has 3 nitrogen and oxygen atoms in total. The lowest BCUT2D eigenvalue weighted by Crippen LogP contribution is -2.09. The molecule has 5 heteroatoms. The van der Waals surface area contributed by atoms with Gasteiger partial charge in [0.15, 0.2) is 5.92 Å². The van der Waals surface area contributed by atoms with Crippen molar-refractivity contribution < 1.29 is 9.90 Å². The third-order valence-electron chi connectivity index (χ3n) is 1.59. The van der Waals surface area contributed by atoms with Crippen LogP contribution < -0.4 is 0 Å². The summed E-state index contributed by atoms with van der Waals surface area (Å²) in [6, 6.07) is 5.95.